The first-order chi connectivity index (χ1) is 6.61. The highest BCUT2D eigenvalue weighted by Gasteiger charge is 2.11. The van der Waals surface area contributed by atoms with E-state index >= 15 is 0 Å². The quantitative estimate of drug-likeness (QED) is 0.867. The topological polar surface area (TPSA) is 45.1 Å². The van der Waals surface area contributed by atoms with Crippen LogP contribution < -0.4 is 5.32 Å². The maximum Gasteiger partial charge on any atom is 0.109 e. The molecule has 0 aliphatic carbocycles. The molecule has 14 heavy (non-hydrogen) atoms. The Kier molecular flexibility index (Phi) is 4.51. The second-order valence-corrected chi connectivity index (χ2v) is 4.30. The van der Waals surface area contributed by atoms with Crippen LogP contribution in [0.25, 0.3) is 0 Å². The third kappa shape index (κ3) is 3.36. The van der Waals surface area contributed by atoms with Crippen LogP contribution in [-0.2, 0) is 0 Å². The number of rotatable bonds is 4. The number of nitrogens with zero attached hydrogens (tertiary/aromatic N) is 1. The molecule has 2 N–H and O–H groups in total. The molecule has 0 saturated carbocycles. The van der Waals surface area contributed by atoms with E-state index in [0.717, 1.165) is 4.47 Å². The summed E-state index contributed by atoms with van der Waals surface area (Å²) in [6, 6.07) is 4.07. The van der Waals surface area contributed by atoms with E-state index in [1.165, 1.54) is 0 Å². The molecule has 3 nitrogen and oxygen atoms in total. The molecule has 1 aromatic rings. The van der Waals surface area contributed by atoms with Gasteiger partial charge >= 0.3 is 0 Å². The fourth-order valence-corrected chi connectivity index (χ4v) is 1.61. The third-order valence-corrected chi connectivity index (χ3v) is 2.49. The number of aliphatic hydroxyl groups excluding tert-OH is 1. The maximum absolute atomic E-state index is 9.80. The molecule has 0 aromatic carbocycles. The summed E-state index contributed by atoms with van der Waals surface area (Å²) < 4.78 is 0.845. The first-order valence-electron chi connectivity index (χ1n) is 4.63. The van der Waals surface area contributed by atoms with E-state index in [4.69, 9.17) is 0 Å². The van der Waals surface area contributed by atoms with Gasteiger partial charge in [-0.25, -0.2) is 0 Å². The first kappa shape index (κ1) is 11.6. The molecule has 0 saturated heterocycles. The molecule has 1 aromatic heterocycles. The Hall–Kier alpha value is -0.450. The SMILES string of the molecule is CC(C)NC[C@@H](O)c1ncccc1Br. The van der Waals surface area contributed by atoms with Crippen molar-refractivity contribution in [3.63, 3.8) is 0 Å². The molecule has 1 heterocycles. The fraction of sp³-hybridized carbons (Fsp3) is 0.500. The summed E-state index contributed by atoms with van der Waals surface area (Å²) in [7, 11) is 0. The van der Waals surface area contributed by atoms with E-state index in [9.17, 15) is 5.11 Å². The highest BCUT2D eigenvalue weighted by atomic mass is 79.9. The molecule has 0 bridgehead atoms. The Bertz CT molecular complexity index is 291. The zero-order chi connectivity index (χ0) is 10.6. The third-order valence-electron chi connectivity index (χ3n) is 1.82. The van der Waals surface area contributed by atoms with Crippen molar-refractivity contribution in [3.05, 3.63) is 28.5 Å². The van der Waals surface area contributed by atoms with Gasteiger partial charge in [0.25, 0.3) is 0 Å². The number of hydrogen-bond acceptors (Lipinski definition) is 3. The van der Waals surface area contributed by atoms with Gasteiger partial charge < -0.3 is 10.4 Å². The molecular formula is C10H15BrN2O. The van der Waals surface area contributed by atoms with Crippen LogP contribution in [-0.4, -0.2) is 22.7 Å². The van der Waals surface area contributed by atoms with Gasteiger partial charge in [0, 0.05) is 23.3 Å². The van der Waals surface area contributed by atoms with Crippen LogP contribution in [0.5, 0.6) is 0 Å². The predicted molar refractivity (Wildman–Crippen MR) is 60.0 cm³/mol. The molecule has 0 fully saturated rings. The van der Waals surface area contributed by atoms with Gasteiger partial charge in [0.1, 0.15) is 6.10 Å². The van der Waals surface area contributed by atoms with Crippen molar-refractivity contribution in [3.8, 4) is 0 Å². The molecule has 0 aliphatic rings. The van der Waals surface area contributed by atoms with Gasteiger partial charge in [-0.2, -0.15) is 0 Å². The van der Waals surface area contributed by atoms with Crippen LogP contribution >= 0.6 is 15.9 Å². The van der Waals surface area contributed by atoms with Crippen LogP contribution in [0.1, 0.15) is 25.6 Å². The largest absolute Gasteiger partial charge is 0.385 e. The van der Waals surface area contributed by atoms with Crippen molar-refractivity contribution < 1.29 is 5.11 Å². The number of nitrogens with one attached hydrogen (secondary N) is 1. The molecule has 1 atom stereocenters. The van der Waals surface area contributed by atoms with Crippen LogP contribution in [0.4, 0.5) is 0 Å². The molecule has 0 radical (unpaired) electrons. The lowest BCUT2D eigenvalue weighted by atomic mass is 10.2. The fourth-order valence-electron chi connectivity index (χ4n) is 1.09. The van der Waals surface area contributed by atoms with E-state index in [-0.39, 0.29) is 0 Å². The monoisotopic (exact) mass is 258 g/mol. The average molecular weight is 259 g/mol. The van der Waals surface area contributed by atoms with Gasteiger partial charge in [-0.1, -0.05) is 13.8 Å². The van der Waals surface area contributed by atoms with E-state index in [1.807, 2.05) is 26.0 Å². The zero-order valence-electron chi connectivity index (χ0n) is 8.37. The van der Waals surface area contributed by atoms with Crippen molar-refractivity contribution in [2.75, 3.05) is 6.54 Å². The normalized spacial score (nSPS) is 13.2. The number of pyridine rings is 1. The Morgan fingerprint density at radius 1 is 1.57 bits per heavy atom. The zero-order valence-corrected chi connectivity index (χ0v) is 9.95. The van der Waals surface area contributed by atoms with Crippen LogP contribution in [0.2, 0.25) is 0 Å². The second kappa shape index (κ2) is 5.44. The van der Waals surface area contributed by atoms with Gasteiger partial charge in [-0.05, 0) is 28.1 Å². The lowest BCUT2D eigenvalue weighted by molar-refractivity contribution is 0.166. The smallest absolute Gasteiger partial charge is 0.109 e. The van der Waals surface area contributed by atoms with Crippen LogP contribution in [0, 0.1) is 0 Å². The highest BCUT2D eigenvalue weighted by Crippen LogP contribution is 2.19. The molecule has 0 spiro atoms. The number of aromatic nitrogens is 1. The summed E-state index contributed by atoms with van der Waals surface area (Å²) in [5.74, 6) is 0. The predicted octanol–water partition coefficient (Wildman–Crippen LogP) is 1.88. The van der Waals surface area contributed by atoms with E-state index in [0.29, 0.717) is 18.3 Å². The summed E-state index contributed by atoms with van der Waals surface area (Å²) >= 11 is 3.35. The lowest BCUT2D eigenvalue weighted by Crippen LogP contribution is -2.28. The van der Waals surface area contributed by atoms with Gasteiger partial charge in [-0.3, -0.25) is 4.98 Å². The van der Waals surface area contributed by atoms with Gasteiger partial charge in [0.05, 0.1) is 5.69 Å². The summed E-state index contributed by atoms with van der Waals surface area (Å²) in [5, 5.41) is 13.0. The van der Waals surface area contributed by atoms with Crippen LogP contribution in [0.15, 0.2) is 22.8 Å². The minimum absolute atomic E-state index is 0.368. The molecule has 4 heteroatoms. The van der Waals surface area contributed by atoms with Gasteiger partial charge in [0.15, 0.2) is 0 Å². The first-order valence-corrected chi connectivity index (χ1v) is 5.42. The number of hydrogen-bond donors (Lipinski definition) is 2. The van der Waals surface area contributed by atoms with Gasteiger partial charge in [0.2, 0.25) is 0 Å². The Balaban J connectivity index is 2.60. The van der Waals surface area contributed by atoms with Crippen molar-refractivity contribution in [2.24, 2.45) is 0 Å². The molecule has 0 aliphatic heterocycles. The van der Waals surface area contributed by atoms with E-state index < -0.39 is 6.10 Å². The average Bonchev–Trinajstić information content (AvgIpc) is 2.15. The van der Waals surface area contributed by atoms with Crippen molar-refractivity contribution in [1.29, 1.82) is 0 Å². The number of halogens is 1. The summed E-state index contributed by atoms with van der Waals surface area (Å²) in [5.41, 5.74) is 0.681. The minimum Gasteiger partial charge on any atom is -0.385 e. The van der Waals surface area contributed by atoms with Crippen molar-refractivity contribution in [1.82, 2.24) is 10.3 Å². The maximum atomic E-state index is 9.80. The number of aliphatic hydroxyl groups is 1. The molecule has 0 unspecified atom stereocenters. The Morgan fingerprint density at radius 2 is 2.29 bits per heavy atom. The summed E-state index contributed by atoms with van der Waals surface area (Å²) in [6.07, 6.45) is 1.12. The Labute approximate surface area is 92.7 Å². The lowest BCUT2D eigenvalue weighted by Gasteiger charge is -2.14. The van der Waals surface area contributed by atoms with Gasteiger partial charge in [-0.15, -0.1) is 0 Å². The van der Waals surface area contributed by atoms with Crippen LogP contribution in [0.3, 0.4) is 0 Å². The standard InChI is InChI=1S/C10H15BrN2O/c1-7(2)13-6-9(14)10-8(11)4-3-5-12-10/h3-5,7,9,13-14H,6H2,1-2H3/t9-/m1/s1. The molecule has 78 valence electrons. The molecule has 1 rings (SSSR count). The van der Waals surface area contributed by atoms with Crippen molar-refractivity contribution in [2.45, 2.75) is 26.0 Å². The van der Waals surface area contributed by atoms with E-state index in [1.54, 1.807) is 6.20 Å². The second-order valence-electron chi connectivity index (χ2n) is 3.45. The Morgan fingerprint density at radius 3 is 2.86 bits per heavy atom. The highest BCUT2D eigenvalue weighted by molar-refractivity contribution is 9.10. The van der Waals surface area contributed by atoms with Crippen molar-refractivity contribution >= 4 is 15.9 Å². The molecule has 0 amide bonds. The van der Waals surface area contributed by atoms with E-state index in [2.05, 4.69) is 26.2 Å². The molecular weight excluding hydrogens is 244 g/mol. The minimum atomic E-state index is -0.562. The summed E-state index contributed by atoms with van der Waals surface area (Å²) in [6.45, 7) is 4.60. The summed E-state index contributed by atoms with van der Waals surface area (Å²) in [4.78, 5) is 4.12.